The van der Waals surface area contributed by atoms with Crippen molar-refractivity contribution in [1.29, 1.82) is 0 Å². The maximum absolute atomic E-state index is 12.1. The van der Waals surface area contributed by atoms with E-state index in [1.807, 2.05) is 6.92 Å². The first-order valence-corrected chi connectivity index (χ1v) is 7.21. The maximum atomic E-state index is 12.1. The minimum atomic E-state index is -0.0647. The van der Waals surface area contributed by atoms with E-state index in [1.54, 1.807) is 6.07 Å². The minimum absolute atomic E-state index is 0.0647. The van der Waals surface area contributed by atoms with Gasteiger partial charge >= 0.3 is 0 Å². The van der Waals surface area contributed by atoms with Crippen LogP contribution >= 0.6 is 11.3 Å². The second kappa shape index (κ2) is 5.71. The van der Waals surface area contributed by atoms with Crippen molar-refractivity contribution in [3.63, 3.8) is 0 Å². The molecule has 0 aromatic carbocycles. The molecule has 18 heavy (non-hydrogen) atoms. The van der Waals surface area contributed by atoms with Crippen molar-refractivity contribution < 1.29 is 9.90 Å². The normalized spacial score (nSPS) is 23.9. The lowest BCUT2D eigenvalue weighted by atomic mass is 9.85. The number of hydrogen-bond acceptors (Lipinski definition) is 4. The number of nitrogens with one attached hydrogen (secondary N) is 1. The summed E-state index contributed by atoms with van der Waals surface area (Å²) in [7, 11) is 0. The Morgan fingerprint density at radius 2 is 2.28 bits per heavy atom. The van der Waals surface area contributed by atoms with E-state index >= 15 is 0 Å². The van der Waals surface area contributed by atoms with Gasteiger partial charge in [0.1, 0.15) is 0 Å². The van der Waals surface area contributed by atoms with E-state index in [0.29, 0.717) is 10.6 Å². The number of thiophene rings is 1. The Hall–Kier alpha value is -1.07. The number of nitrogen functional groups attached to an aromatic ring is 1. The van der Waals surface area contributed by atoms with Gasteiger partial charge in [0.15, 0.2) is 0 Å². The number of anilines is 1. The van der Waals surface area contributed by atoms with Crippen LogP contribution in [0.5, 0.6) is 0 Å². The van der Waals surface area contributed by atoms with Crippen molar-refractivity contribution in [2.24, 2.45) is 5.92 Å². The third kappa shape index (κ3) is 2.84. The molecule has 1 saturated carbocycles. The first-order chi connectivity index (χ1) is 8.61. The fraction of sp³-hybridized carbons (Fsp3) is 0.615. The van der Waals surface area contributed by atoms with Crippen molar-refractivity contribution in [1.82, 2.24) is 5.32 Å². The van der Waals surface area contributed by atoms with Crippen LogP contribution in [0.1, 0.15) is 40.2 Å². The Labute approximate surface area is 111 Å². The van der Waals surface area contributed by atoms with Crippen LogP contribution in [-0.2, 0) is 0 Å². The highest BCUT2D eigenvalue weighted by Crippen LogP contribution is 2.26. The fourth-order valence-electron chi connectivity index (χ4n) is 2.46. The standard InChI is InChI=1S/C13H20N2O2S/c1-8-10(14)6-12(18-8)13(17)15-11-5-3-2-4-9(11)7-16/h6,9,11,16H,2-5,7,14H2,1H3,(H,15,17). The molecule has 0 spiro atoms. The van der Waals surface area contributed by atoms with Gasteiger partial charge in [-0.15, -0.1) is 11.3 Å². The smallest absolute Gasteiger partial charge is 0.261 e. The number of aliphatic hydroxyl groups excluding tert-OH is 1. The molecule has 1 aliphatic carbocycles. The number of aliphatic hydroxyl groups is 1. The summed E-state index contributed by atoms with van der Waals surface area (Å²) in [4.78, 5) is 13.7. The average Bonchev–Trinajstić information content (AvgIpc) is 2.70. The molecule has 0 aliphatic heterocycles. The van der Waals surface area contributed by atoms with Crippen LogP contribution in [-0.4, -0.2) is 23.7 Å². The Bertz CT molecular complexity index is 411. The van der Waals surface area contributed by atoms with Crippen LogP contribution in [0.15, 0.2) is 6.07 Å². The van der Waals surface area contributed by atoms with Crippen LogP contribution in [0.3, 0.4) is 0 Å². The number of nitrogens with two attached hydrogens (primary N) is 1. The number of rotatable bonds is 3. The topological polar surface area (TPSA) is 75.3 Å². The number of hydrogen-bond donors (Lipinski definition) is 3. The molecular formula is C13H20N2O2S. The highest BCUT2D eigenvalue weighted by atomic mass is 32.1. The van der Waals surface area contributed by atoms with E-state index in [4.69, 9.17) is 5.73 Å². The van der Waals surface area contributed by atoms with Gasteiger partial charge < -0.3 is 16.2 Å². The molecule has 4 N–H and O–H groups in total. The maximum Gasteiger partial charge on any atom is 0.261 e. The molecule has 1 fully saturated rings. The molecular weight excluding hydrogens is 248 g/mol. The first kappa shape index (κ1) is 13.4. The van der Waals surface area contributed by atoms with Crippen LogP contribution in [0.2, 0.25) is 0 Å². The zero-order chi connectivity index (χ0) is 13.1. The molecule has 4 nitrogen and oxygen atoms in total. The van der Waals surface area contributed by atoms with Gasteiger partial charge in [-0.2, -0.15) is 0 Å². The molecule has 0 radical (unpaired) electrons. The Morgan fingerprint density at radius 3 is 2.89 bits per heavy atom. The summed E-state index contributed by atoms with van der Waals surface area (Å²) in [6, 6.07) is 1.83. The van der Waals surface area contributed by atoms with Gasteiger partial charge in [-0.05, 0) is 25.8 Å². The fourth-order valence-corrected chi connectivity index (χ4v) is 3.31. The molecule has 0 saturated heterocycles. The van der Waals surface area contributed by atoms with Gasteiger partial charge in [-0.3, -0.25) is 4.79 Å². The van der Waals surface area contributed by atoms with E-state index in [1.165, 1.54) is 11.3 Å². The molecule has 1 aromatic heterocycles. The van der Waals surface area contributed by atoms with Crippen LogP contribution in [0.25, 0.3) is 0 Å². The summed E-state index contributed by atoms with van der Waals surface area (Å²) >= 11 is 1.42. The molecule has 0 bridgehead atoms. The highest BCUT2D eigenvalue weighted by molar-refractivity contribution is 7.14. The number of amides is 1. The van der Waals surface area contributed by atoms with Gasteiger partial charge in [-0.25, -0.2) is 0 Å². The quantitative estimate of drug-likeness (QED) is 0.784. The first-order valence-electron chi connectivity index (χ1n) is 6.39. The van der Waals surface area contributed by atoms with Crippen molar-refractivity contribution in [2.45, 2.75) is 38.6 Å². The lowest BCUT2D eigenvalue weighted by Gasteiger charge is -2.30. The summed E-state index contributed by atoms with van der Waals surface area (Å²) in [6.45, 7) is 2.06. The van der Waals surface area contributed by atoms with Crippen molar-refractivity contribution >= 4 is 22.9 Å². The molecule has 1 aromatic rings. The van der Waals surface area contributed by atoms with E-state index in [2.05, 4.69) is 5.32 Å². The monoisotopic (exact) mass is 268 g/mol. The van der Waals surface area contributed by atoms with Gasteiger partial charge in [0.25, 0.3) is 5.91 Å². The van der Waals surface area contributed by atoms with Gasteiger partial charge in [0.2, 0.25) is 0 Å². The highest BCUT2D eigenvalue weighted by Gasteiger charge is 2.26. The van der Waals surface area contributed by atoms with E-state index in [9.17, 15) is 9.90 Å². The number of carbonyl (C=O) groups excluding carboxylic acids is 1. The lowest BCUT2D eigenvalue weighted by molar-refractivity contribution is 0.0876. The second-order valence-corrected chi connectivity index (χ2v) is 6.19. The van der Waals surface area contributed by atoms with Gasteiger partial charge in [0, 0.05) is 29.1 Å². The second-order valence-electron chi connectivity index (χ2n) is 4.93. The Kier molecular flexibility index (Phi) is 4.24. The van der Waals surface area contributed by atoms with Crippen molar-refractivity contribution in [2.75, 3.05) is 12.3 Å². The summed E-state index contributed by atoms with van der Waals surface area (Å²) in [5.74, 6) is 0.131. The molecule has 1 aliphatic rings. The molecule has 1 heterocycles. The van der Waals surface area contributed by atoms with Crippen molar-refractivity contribution in [3.8, 4) is 0 Å². The molecule has 1 amide bonds. The van der Waals surface area contributed by atoms with Gasteiger partial charge in [0.05, 0.1) is 4.88 Å². The largest absolute Gasteiger partial charge is 0.398 e. The lowest BCUT2D eigenvalue weighted by Crippen LogP contribution is -2.43. The van der Waals surface area contributed by atoms with Crippen LogP contribution in [0.4, 0.5) is 5.69 Å². The molecule has 2 rings (SSSR count). The van der Waals surface area contributed by atoms with Crippen LogP contribution in [0, 0.1) is 12.8 Å². The molecule has 2 unspecified atom stereocenters. The molecule has 2 atom stereocenters. The summed E-state index contributed by atoms with van der Waals surface area (Å²) in [5.41, 5.74) is 6.43. The molecule has 100 valence electrons. The summed E-state index contributed by atoms with van der Waals surface area (Å²) < 4.78 is 0. The van der Waals surface area contributed by atoms with Gasteiger partial charge in [-0.1, -0.05) is 12.8 Å². The van der Waals surface area contributed by atoms with E-state index in [-0.39, 0.29) is 24.5 Å². The van der Waals surface area contributed by atoms with Crippen LogP contribution < -0.4 is 11.1 Å². The zero-order valence-electron chi connectivity index (χ0n) is 10.6. The summed E-state index contributed by atoms with van der Waals surface area (Å²) in [6.07, 6.45) is 4.21. The van der Waals surface area contributed by atoms with E-state index in [0.717, 1.165) is 30.6 Å². The SMILES string of the molecule is Cc1sc(C(=O)NC2CCCCC2CO)cc1N. The predicted octanol–water partition coefficient (Wildman–Crippen LogP) is 1.92. The Morgan fingerprint density at radius 1 is 1.56 bits per heavy atom. The molecule has 5 heteroatoms. The Balaban J connectivity index is 2.01. The average molecular weight is 268 g/mol. The zero-order valence-corrected chi connectivity index (χ0v) is 11.4. The van der Waals surface area contributed by atoms with Crippen molar-refractivity contribution in [3.05, 3.63) is 15.8 Å². The third-order valence-corrected chi connectivity index (χ3v) is 4.71. The van der Waals surface area contributed by atoms with E-state index < -0.39 is 0 Å². The predicted molar refractivity (Wildman–Crippen MR) is 73.8 cm³/mol. The number of carbonyl (C=O) groups is 1. The minimum Gasteiger partial charge on any atom is -0.398 e. The summed E-state index contributed by atoms with van der Waals surface area (Å²) in [5, 5.41) is 12.4. The number of aryl methyl sites for hydroxylation is 1. The third-order valence-electron chi connectivity index (χ3n) is 3.64.